The third-order valence-corrected chi connectivity index (χ3v) is 3.52. The standard InChI is InChI=1S/C14H21NO5/c1-3-4-5-6-7-10-9(2)12(17)15(13(10)18)11(8-16)14(19)20/h11,16H,3-8H2,1-2H3,(H,19,20). The molecule has 1 unspecified atom stereocenters. The van der Waals surface area contributed by atoms with E-state index in [1.807, 2.05) is 0 Å². The molecule has 0 aliphatic carbocycles. The van der Waals surface area contributed by atoms with Gasteiger partial charge in [-0.25, -0.2) is 4.79 Å². The summed E-state index contributed by atoms with van der Waals surface area (Å²) in [7, 11) is 0. The first-order valence-corrected chi connectivity index (χ1v) is 6.87. The van der Waals surface area contributed by atoms with E-state index in [1.54, 1.807) is 0 Å². The van der Waals surface area contributed by atoms with Crippen molar-refractivity contribution >= 4 is 17.8 Å². The summed E-state index contributed by atoms with van der Waals surface area (Å²) in [5, 5.41) is 18.0. The molecule has 1 rings (SSSR count). The number of rotatable bonds is 8. The van der Waals surface area contributed by atoms with Crippen molar-refractivity contribution in [2.24, 2.45) is 0 Å². The number of carboxylic acid groups (broad SMARTS) is 1. The van der Waals surface area contributed by atoms with Crippen LogP contribution in [0.3, 0.4) is 0 Å². The number of amides is 2. The number of unbranched alkanes of at least 4 members (excludes halogenated alkanes) is 3. The van der Waals surface area contributed by atoms with Crippen molar-refractivity contribution in [3.63, 3.8) is 0 Å². The van der Waals surface area contributed by atoms with Crippen LogP contribution in [-0.2, 0) is 14.4 Å². The van der Waals surface area contributed by atoms with E-state index in [-0.39, 0.29) is 0 Å². The summed E-state index contributed by atoms with van der Waals surface area (Å²) in [6.45, 7) is 2.84. The van der Waals surface area contributed by atoms with Gasteiger partial charge in [-0.3, -0.25) is 14.5 Å². The lowest BCUT2D eigenvalue weighted by molar-refractivity contribution is -0.155. The second kappa shape index (κ2) is 7.19. The zero-order valence-corrected chi connectivity index (χ0v) is 11.9. The molecule has 2 amide bonds. The third-order valence-electron chi connectivity index (χ3n) is 3.52. The highest BCUT2D eigenvalue weighted by atomic mass is 16.4. The maximum Gasteiger partial charge on any atom is 0.329 e. The van der Waals surface area contributed by atoms with Crippen LogP contribution in [0.2, 0.25) is 0 Å². The van der Waals surface area contributed by atoms with E-state index in [9.17, 15) is 14.4 Å². The zero-order valence-electron chi connectivity index (χ0n) is 11.9. The predicted octanol–water partition coefficient (Wildman–Crippen LogP) is 1.09. The number of aliphatic hydroxyl groups is 1. The number of hydrogen-bond acceptors (Lipinski definition) is 4. The molecule has 6 heteroatoms. The van der Waals surface area contributed by atoms with Gasteiger partial charge in [0.2, 0.25) is 0 Å². The summed E-state index contributed by atoms with van der Waals surface area (Å²) < 4.78 is 0. The Hall–Kier alpha value is -1.69. The van der Waals surface area contributed by atoms with Gasteiger partial charge in [0.1, 0.15) is 0 Å². The Labute approximate surface area is 118 Å². The number of imide groups is 1. The molecule has 2 N–H and O–H groups in total. The number of carboxylic acids is 1. The lowest BCUT2D eigenvalue weighted by atomic mass is 10.0. The summed E-state index contributed by atoms with van der Waals surface area (Å²) in [4.78, 5) is 35.8. The Morgan fingerprint density at radius 2 is 1.85 bits per heavy atom. The molecule has 0 spiro atoms. The van der Waals surface area contributed by atoms with E-state index in [0.717, 1.165) is 25.7 Å². The topological polar surface area (TPSA) is 94.9 Å². The normalized spacial score (nSPS) is 17.1. The van der Waals surface area contributed by atoms with Crippen molar-refractivity contribution in [3.8, 4) is 0 Å². The van der Waals surface area contributed by atoms with Crippen molar-refractivity contribution in [2.45, 2.75) is 52.0 Å². The Bertz CT molecular complexity index is 441. The van der Waals surface area contributed by atoms with Crippen LogP contribution in [0.25, 0.3) is 0 Å². The minimum absolute atomic E-state index is 0.297. The van der Waals surface area contributed by atoms with E-state index in [4.69, 9.17) is 10.2 Å². The van der Waals surface area contributed by atoms with E-state index < -0.39 is 30.4 Å². The number of carbonyl (C=O) groups excluding carboxylic acids is 2. The van der Waals surface area contributed by atoms with E-state index in [0.29, 0.717) is 22.5 Å². The smallest absolute Gasteiger partial charge is 0.329 e. The number of hydrogen-bond donors (Lipinski definition) is 2. The molecule has 0 radical (unpaired) electrons. The quantitative estimate of drug-likeness (QED) is 0.513. The highest BCUT2D eigenvalue weighted by Gasteiger charge is 2.42. The van der Waals surface area contributed by atoms with Gasteiger partial charge in [0.25, 0.3) is 11.8 Å². The first kappa shape index (κ1) is 16.4. The van der Waals surface area contributed by atoms with Gasteiger partial charge in [-0.15, -0.1) is 0 Å². The van der Waals surface area contributed by atoms with E-state index in [1.165, 1.54) is 6.92 Å². The van der Waals surface area contributed by atoms with Crippen molar-refractivity contribution in [2.75, 3.05) is 6.61 Å². The molecule has 1 heterocycles. The first-order chi connectivity index (χ1) is 9.45. The fraction of sp³-hybridized carbons (Fsp3) is 0.643. The van der Waals surface area contributed by atoms with E-state index >= 15 is 0 Å². The van der Waals surface area contributed by atoms with Crippen molar-refractivity contribution in [1.29, 1.82) is 0 Å². The Morgan fingerprint density at radius 1 is 1.20 bits per heavy atom. The fourth-order valence-corrected chi connectivity index (χ4v) is 2.28. The number of nitrogens with zero attached hydrogens (tertiary/aromatic N) is 1. The maximum atomic E-state index is 12.2. The molecule has 0 aromatic heterocycles. The second-order valence-corrected chi connectivity index (χ2v) is 4.93. The lowest BCUT2D eigenvalue weighted by Crippen LogP contribution is -2.48. The largest absolute Gasteiger partial charge is 0.480 e. The molecule has 0 aromatic carbocycles. The van der Waals surface area contributed by atoms with Crippen LogP contribution in [0.4, 0.5) is 0 Å². The summed E-state index contributed by atoms with van der Waals surface area (Å²) in [5.41, 5.74) is 0.678. The Balaban J connectivity index is 2.81. The average molecular weight is 283 g/mol. The average Bonchev–Trinajstić information content (AvgIpc) is 2.60. The molecular formula is C14H21NO5. The van der Waals surface area contributed by atoms with Crippen LogP contribution in [-0.4, -0.2) is 45.5 Å². The lowest BCUT2D eigenvalue weighted by Gasteiger charge is -2.21. The van der Waals surface area contributed by atoms with Crippen molar-refractivity contribution < 1.29 is 24.6 Å². The summed E-state index contributed by atoms with van der Waals surface area (Å²) in [6, 6.07) is -1.50. The van der Waals surface area contributed by atoms with Gasteiger partial charge in [-0.05, 0) is 19.8 Å². The minimum atomic E-state index is -1.50. The molecule has 0 saturated carbocycles. The SMILES string of the molecule is CCCCCCC1=C(C)C(=O)N(C(CO)C(=O)O)C1=O. The number of aliphatic carboxylic acids is 1. The highest BCUT2D eigenvalue weighted by molar-refractivity contribution is 6.20. The van der Waals surface area contributed by atoms with Gasteiger partial charge >= 0.3 is 5.97 Å². The molecule has 0 aromatic rings. The van der Waals surface area contributed by atoms with E-state index in [2.05, 4.69) is 6.92 Å². The molecule has 1 atom stereocenters. The van der Waals surface area contributed by atoms with Gasteiger partial charge in [0.05, 0.1) is 6.61 Å². The Morgan fingerprint density at radius 3 is 2.35 bits per heavy atom. The number of aliphatic hydroxyl groups excluding tert-OH is 1. The molecular weight excluding hydrogens is 262 g/mol. The molecule has 0 saturated heterocycles. The first-order valence-electron chi connectivity index (χ1n) is 6.87. The monoisotopic (exact) mass is 283 g/mol. The molecule has 0 fully saturated rings. The summed E-state index contributed by atoms with van der Waals surface area (Å²) in [6.07, 6.45) is 4.38. The van der Waals surface area contributed by atoms with Crippen LogP contribution >= 0.6 is 0 Å². The predicted molar refractivity (Wildman–Crippen MR) is 71.8 cm³/mol. The molecule has 112 valence electrons. The summed E-state index contributed by atoms with van der Waals surface area (Å²) in [5.74, 6) is -2.57. The van der Waals surface area contributed by atoms with Crippen LogP contribution in [0.5, 0.6) is 0 Å². The van der Waals surface area contributed by atoms with Gasteiger partial charge in [-0.1, -0.05) is 26.2 Å². The van der Waals surface area contributed by atoms with Gasteiger partial charge < -0.3 is 10.2 Å². The Kier molecular flexibility index (Phi) is 5.88. The van der Waals surface area contributed by atoms with Gasteiger partial charge in [0.15, 0.2) is 6.04 Å². The van der Waals surface area contributed by atoms with Crippen molar-refractivity contribution in [1.82, 2.24) is 4.90 Å². The molecule has 0 bridgehead atoms. The van der Waals surface area contributed by atoms with Crippen LogP contribution in [0.15, 0.2) is 11.1 Å². The van der Waals surface area contributed by atoms with Gasteiger partial charge in [0, 0.05) is 11.1 Å². The van der Waals surface area contributed by atoms with Crippen LogP contribution in [0.1, 0.15) is 46.0 Å². The highest BCUT2D eigenvalue weighted by Crippen LogP contribution is 2.26. The summed E-state index contributed by atoms with van der Waals surface area (Å²) >= 11 is 0. The molecule has 1 aliphatic rings. The fourth-order valence-electron chi connectivity index (χ4n) is 2.28. The number of carbonyl (C=O) groups is 3. The molecule has 1 aliphatic heterocycles. The third kappa shape index (κ3) is 3.25. The second-order valence-electron chi connectivity index (χ2n) is 4.93. The molecule has 6 nitrogen and oxygen atoms in total. The van der Waals surface area contributed by atoms with Crippen molar-refractivity contribution in [3.05, 3.63) is 11.1 Å². The van der Waals surface area contributed by atoms with Gasteiger partial charge in [-0.2, -0.15) is 0 Å². The molecule has 20 heavy (non-hydrogen) atoms. The minimum Gasteiger partial charge on any atom is -0.480 e. The van der Waals surface area contributed by atoms with Crippen LogP contribution < -0.4 is 0 Å². The maximum absolute atomic E-state index is 12.2. The zero-order chi connectivity index (χ0) is 15.3. The van der Waals surface area contributed by atoms with Crippen LogP contribution in [0, 0.1) is 0 Å².